The van der Waals surface area contributed by atoms with Crippen molar-refractivity contribution in [2.24, 2.45) is 0 Å². The van der Waals surface area contributed by atoms with E-state index in [0.717, 1.165) is 23.4 Å². The SMILES string of the molecule is CCCCCCCCCCNc1nc(NCC)ncc1Br. The first-order valence-electron chi connectivity index (χ1n) is 8.28. The minimum Gasteiger partial charge on any atom is -0.369 e. The lowest BCUT2D eigenvalue weighted by Crippen LogP contribution is -2.08. The van der Waals surface area contributed by atoms with E-state index < -0.39 is 0 Å². The minimum absolute atomic E-state index is 0.680. The molecule has 0 saturated heterocycles. The topological polar surface area (TPSA) is 49.8 Å². The Morgan fingerprint density at radius 1 is 0.952 bits per heavy atom. The molecule has 1 aromatic rings. The van der Waals surface area contributed by atoms with E-state index in [4.69, 9.17) is 0 Å². The molecule has 0 spiro atoms. The van der Waals surface area contributed by atoms with Gasteiger partial charge in [-0.1, -0.05) is 51.9 Å². The van der Waals surface area contributed by atoms with Crippen LogP contribution >= 0.6 is 15.9 Å². The minimum atomic E-state index is 0.680. The molecular weight excluding hydrogens is 328 g/mol. The van der Waals surface area contributed by atoms with E-state index in [-0.39, 0.29) is 0 Å². The molecule has 120 valence electrons. The van der Waals surface area contributed by atoms with Crippen LogP contribution in [0.5, 0.6) is 0 Å². The number of hydrogen-bond donors (Lipinski definition) is 2. The molecule has 0 aliphatic heterocycles. The van der Waals surface area contributed by atoms with Gasteiger partial charge >= 0.3 is 0 Å². The zero-order valence-electron chi connectivity index (χ0n) is 13.4. The van der Waals surface area contributed by atoms with Crippen LogP contribution in [0.2, 0.25) is 0 Å². The van der Waals surface area contributed by atoms with E-state index in [9.17, 15) is 0 Å². The summed E-state index contributed by atoms with van der Waals surface area (Å²) in [4.78, 5) is 8.66. The summed E-state index contributed by atoms with van der Waals surface area (Å²) >= 11 is 3.48. The van der Waals surface area contributed by atoms with Crippen molar-refractivity contribution in [2.75, 3.05) is 23.7 Å². The van der Waals surface area contributed by atoms with Gasteiger partial charge in [-0.2, -0.15) is 4.98 Å². The Kier molecular flexibility index (Phi) is 10.2. The fourth-order valence-corrected chi connectivity index (χ4v) is 2.53. The Balaban J connectivity index is 2.13. The van der Waals surface area contributed by atoms with Crippen molar-refractivity contribution < 1.29 is 0 Å². The fraction of sp³-hybridized carbons (Fsp3) is 0.750. The molecule has 1 heterocycles. The van der Waals surface area contributed by atoms with E-state index in [1.807, 2.05) is 6.92 Å². The standard InChI is InChI=1S/C16H29BrN4/c1-3-5-6-7-8-9-10-11-12-19-15-14(17)13-20-16(21-15)18-4-2/h13H,3-12H2,1-2H3,(H2,18,19,20,21). The van der Waals surface area contributed by atoms with Gasteiger partial charge in [0.2, 0.25) is 5.95 Å². The van der Waals surface area contributed by atoms with Gasteiger partial charge in [-0.15, -0.1) is 0 Å². The van der Waals surface area contributed by atoms with Crippen molar-refractivity contribution in [1.82, 2.24) is 9.97 Å². The quantitative estimate of drug-likeness (QED) is 0.503. The third-order valence-electron chi connectivity index (χ3n) is 3.40. The second-order valence-corrected chi connectivity index (χ2v) is 6.18. The Morgan fingerprint density at radius 2 is 1.62 bits per heavy atom. The summed E-state index contributed by atoms with van der Waals surface area (Å²) in [7, 11) is 0. The number of unbranched alkanes of at least 4 members (excludes halogenated alkanes) is 7. The molecule has 0 amide bonds. The molecule has 0 saturated carbocycles. The first-order chi connectivity index (χ1) is 10.3. The molecule has 1 rings (SSSR count). The lowest BCUT2D eigenvalue weighted by molar-refractivity contribution is 0.581. The molecule has 1 aromatic heterocycles. The molecule has 0 aliphatic carbocycles. The van der Waals surface area contributed by atoms with Crippen LogP contribution in [0.15, 0.2) is 10.7 Å². The first-order valence-corrected chi connectivity index (χ1v) is 9.07. The predicted octanol–water partition coefficient (Wildman–Crippen LogP) is 5.22. The zero-order chi connectivity index (χ0) is 15.3. The Bertz CT molecular complexity index is 385. The summed E-state index contributed by atoms with van der Waals surface area (Å²) in [6.07, 6.45) is 12.5. The third-order valence-corrected chi connectivity index (χ3v) is 3.98. The second kappa shape index (κ2) is 11.8. The fourth-order valence-electron chi connectivity index (χ4n) is 2.20. The van der Waals surface area contributed by atoms with Crippen LogP contribution in [0.25, 0.3) is 0 Å². The molecule has 2 N–H and O–H groups in total. The Labute approximate surface area is 137 Å². The highest BCUT2D eigenvalue weighted by Gasteiger charge is 2.03. The third kappa shape index (κ3) is 8.24. The lowest BCUT2D eigenvalue weighted by Gasteiger charge is -2.09. The maximum atomic E-state index is 4.45. The van der Waals surface area contributed by atoms with Gasteiger partial charge in [0.25, 0.3) is 0 Å². The molecule has 0 aliphatic rings. The number of nitrogens with zero attached hydrogens (tertiary/aromatic N) is 2. The average Bonchev–Trinajstić information content (AvgIpc) is 2.49. The van der Waals surface area contributed by atoms with Gasteiger partial charge in [0.05, 0.1) is 4.47 Å². The summed E-state index contributed by atoms with van der Waals surface area (Å²) in [5.74, 6) is 1.56. The summed E-state index contributed by atoms with van der Waals surface area (Å²) in [6.45, 7) is 6.10. The number of rotatable bonds is 12. The summed E-state index contributed by atoms with van der Waals surface area (Å²) < 4.78 is 0.920. The largest absolute Gasteiger partial charge is 0.369 e. The van der Waals surface area contributed by atoms with Gasteiger partial charge in [0.1, 0.15) is 5.82 Å². The number of nitrogens with one attached hydrogen (secondary N) is 2. The maximum absolute atomic E-state index is 4.45. The Hall–Kier alpha value is -0.840. The van der Waals surface area contributed by atoms with Crippen LogP contribution in [-0.2, 0) is 0 Å². The smallest absolute Gasteiger partial charge is 0.224 e. The molecule has 0 atom stereocenters. The van der Waals surface area contributed by atoms with Gasteiger partial charge < -0.3 is 10.6 Å². The summed E-state index contributed by atoms with van der Waals surface area (Å²) in [5, 5.41) is 6.51. The monoisotopic (exact) mass is 356 g/mol. The van der Waals surface area contributed by atoms with Gasteiger partial charge in [-0.05, 0) is 29.3 Å². The van der Waals surface area contributed by atoms with Crippen molar-refractivity contribution in [2.45, 2.75) is 65.2 Å². The molecule has 0 fully saturated rings. The molecule has 0 unspecified atom stereocenters. The normalized spacial score (nSPS) is 10.6. The van der Waals surface area contributed by atoms with Crippen molar-refractivity contribution in [3.63, 3.8) is 0 Å². The highest BCUT2D eigenvalue weighted by atomic mass is 79.9. The van der Waals surface area contributed by atoms with Crippen molar-refractivity contribution in [1.29, 1.82) is 0 Å². The van der Waals surface area contributed by atoms with E-state index in [0.29, 0.717) is 5.95 Å². The van der Waals surface area contributed by atoms with Crippen LogP contribution in [0, 0.1) is 0 Å². The van der Waals surface area contributed by atoms with E-state index in [2.05, 4.69) is 43.5 Å². The van der Waals surface area contributed by atoms with E-state index in [1.165, 1.54) is 51.4 Å². The number of halogens is 1. The molecular formula is C16H29BrN4. The molecule has 0 aromatic carbocycles. The van der Waals surface area contributed by atoms with Crippen molar-refractivity contribution in [3.05, 3.63) is 10.7 Å². The maximum Gasteiger partial charge on any atom is 0.224 e. The molecule has 4 nitrogen and oxygen atoms in total. The average molecular weight is 357 g/mol. The predicted molar refractivity (Wildman–Crippen MR) is 95.0 cm³/mol. The van der Waals surface area contributed by atoms with Crippen LogP contribution < -0.4 is 10.6 Å². The lowest BCUT2D eigenvalue weighted by atomic mass is 10.1. The van der Waals surface area contributed by atoms with Crippen LogP contribution in [-0.4, -0.2) is 23.1 Å². The molecule has 21 heavy (non-hydrogen) atoms. The van der Waals surface area contributed by atoms with E-state index >= 15 is 0 Å². The summed E-state index contributed by atoms with van der Waals surface area (Å²) in [5.41, 5.74) is 0. The molecule has 0 bridgehead atoms. The first kappa shape index (κ1) is 18.2. The van der Waals surface area contributed by atoms with Crippen molar-refractivity contribution >= 4 is 27.7 Å². The van der Waals surface area contributed by atoms with Gasteiger partial charge in [-0.3, -0.25) is 0 Å². The number of anilines is 2. The van der Waals surface area contributed by atoms with Crippen LogP contribution in [0.4, 0.5) is 11.8 Å². The summed E-state index contributed by atoms with van der Waals surface area (Å²) in [6, 6.07) is 0. The van der Waals surface area contributed by atoms with Crippen LogP contribution in [0.1, 0.15) is 65.2 Å². The van der Waals surface area contributed by atoms with Crippen LogP contribution in [0.3, 0.4) is 0 Å². The number of aromatic nitrogens is 2. The second-order valence-electron chi connectivity index (χ2n) is 5.32. The Morgan fingerprint density at radius 3 is 2.29 bits per heavy atom. The highest BCUT2D eigenvalue weighted by Crippen LogP contribution is 2.20. The molecule has 0 radical (unpaired) electrons. The highest BCUT2D eigenvalue weighted by molar-refractivity contribution is 9.10. The van der Waals surface area contributed by atoms with Gasteiger partial charge in [0, 0.05) is 19.3 Å². The van der Waals surface area contributed by atoms with Crippen molar-refractivity contribution in [3.8, 4) is 0 Å². The molecule has 5 heteroatoms. The number of hydrogen-bond acceptors (Lipinski definition) is 4. The van der Waals surface area contributed by atoms with Gasteiger partial charge in [0.15, 0.2) is 0 Å². The van der Waals surface area contributed by atoms with Gasteiger partial charge in [-0.25, -0.2) is 4.98 Å². The van der Waals surface area contributed by atoms with E-state index in [1.54, 1.807) is 6.20 Å². The zero-order valence-corrected chi connectivity index (χ0v) is 15.0.